The molecule has 0 aliphatic carbocycles. The van der Waals surface area contributed by atoms with Gasteiger partial charge in [-0.1, -0.05) is 55.0 Å². The van der Waals surface area contributed by atoms with E-state index < -0.39 is 10.0 Å². The molecule has 0 saturated carbocycles. The molecule has 1 heterocycles. The molecule has 144 valence electrons. The number of sulfonamides is 1. The van der Waals surface area contributed by atoms with Crippen molar-refractivity contribution in [2.45, 2.75) is 57.1 Å². The van der Waals surface area contributed by atoms with Crippen LogP contribution in [0.3, 0.4) is 0 Å². The monoisotopic (exact) mass is 386 g/mol. The quantitative estimate of drug-likeness (QED) is 0.635. The molecule has 0 saturated heterocycles. The topological polar surface area (TPSA) is 46.4 Å². The van der Waals surface area contributed by atoms with Gasteiger partial charge in [-0.25, -0.2) is 0 Å². The van der Waals surface area contributed by atoms with Crippen molar-refractivity contribution in [1.29, 1.82) is 0 Å². The molecule has 0 amide bonds. The molecule has 5 heteroatoms. The number of aryl methyl sites for hydroxylation is 1. The van der Waals surface area contributed by atoms with Crippen LogP contribution in [0.15, 0.2) is 59.5 Å². The Labute approximate surface area is 162 Å². The van der Waals surface area contributed by atoms with Crippen molar-refractivity contribution >= 4 is 15.7 Å². The normalized spacial score (nSPS) is 17.5. The summed E-state index contributed by atoms with van der Waals surface area (Å²) in [6, 6.07) is 16.9. The van der Waals surface area contributed by atoms with E-state index >= 15 is 0 Å². The van der Waals surface area contributed by atoms with Gasteiger partial charge in [0.25, 0.3) is 0 Å². The van der Waals surface area contributed by atoms with Crippen LogP contribution in [0.1, 0.15) is 43.7 Å². The zero-order chi connectivity index (χ0) is 19.3. The molecule has 0 radical (unpaired) electrons. The van der Waals surface area contributed by atoms with E-state index in [0.717, 1.165) is 42.5 Å². The van der Waals surface area contributed by atoms with E-state index in [1.807, 2.05) is 49.4 Å². The first-order chi connectivity index (χ1) is 13.0. The maximum atomic E-state index is 13.3. The molecule has 0 unspecified atom stereocenters. The Morgan fingerprint density at radius 1 is 1.07 bits per heavy atom. The van der Waals surface area contributed by atoms with Crippen LogP contribution in [0.25, 0.3) is 0 Å². The molecule has 0 fully saturated rings. The van der Waals surface area contributed by atoms with Crippen molar-refractivity contribution in [3.05, 3.63) is 65.7 Å². The van der Waals surface area contributed by atoms with Crippen LogP contribution in [-0.4, -0.2) is 30.8 Å². The number of hydrogen-bond donors (Lipinski definition) is 0. The molecule has 27 heavy (non-hydrogen) atoms. The van der Waals surface area contributed by atoms with Crippen molar-refractivity contribution in [2.24, 2.45) is 0 Å². The Morgan fingerprint density at radius 3 is 2.44 bits per heavy atom. The summed E-state index contributed by atoms with van der Waals surface area (Å²) in [5.41, 5.74) is 3.16. The lowest BCUT2D eigenvalue weighted by Crippen LogP contribution is -2.34. The van der Waals surface area contributed by atoms with Gasteiger partial charge in [-0.2, -0.15) is 8.42 Å². The molecule has 0 spiro atoms. The molecule has 1 aliphatic rings. The maximum absolute atomic E-state index is 13.3. The first kappa shape index (κ1) is 19.8. The smallest absolute Gasteiger partial charge is 0.370 e. The SMILES string of the molecule is CCCC1=[N+](S(=O)(=O)c2ccc(C)cc2)[C@H](COCc2ccccc2)CC1. The third-order valence-electron chi connectivity index (χ3n) is 4.95. The van der Waals surface area contributed by atoms with Crippen LogP contribution in [0, 0.1) is 6.92 Å². The van der Waals surface area contributed by atoms with E-state index in [1.54, 1.807) is 16.1 Å². The fourth-order valence-electron chi connectivity index (χ4n) is 3.57. The van der Waals surface area contributed by atoms with Gasteiger partial charge in [0.05, 0.1) is 6.61 Å². The second-order valence-corrected chi connectivity index (χ2v) is 8.94. The highest BCUT2D eigenvalue weighted by molar-refractivity contribution is 7.85. The first-order valence-electron chi connectivity index (χ1n) is 9.60. The van der Waals surface area contributed by atoms with Gasteiger partial charge in [0.1, 0.15) is 11.5 Å². The maximum Gasteiger partial charge on any atom is 0.395 e. The van der Waals surface area contributed by atoms with E-state index in [9.17, 15) is 8.42 Å². The Kier molecular flexibility index (Phi) is 6.45. The molecule has 2 aromatic carbocycles. The molecular formula is C22H28NO3S+. The van der Waals surface area contributed by atoms with Crippen LogP contribution < -0.4 is 0 Å². The average Bonchev–Trinajstić information content (AvgIpc) is 3.07. The Hall–Kier alpha value is -1.98. The van der Waals surface area contributed by atoms with Gasteiger partial charge >= 0.3 is 10.0 Å². The third-order valence-corrected chi connectivity index (χ3v) is 6.89. The van der Waals surface area contributed by atoms with Gasteiger partial charge in [-0.05, 0) is 31.0 Å². The van der Waals surface area contributed by atoms with E-state index in [1.165, 1.54) is 0 Å². The first-order valence-corrected chi connectivity index (χ1v) is 11.0. The van der Waals surface area contributed by atoms with Crippen LogP contribution in [0.2, 0.25) is 0 Å². The molecule has 3 rings (SSSR count). The number of hydrogen-bond acceptors (Lipinski definition) is 3. The van der Waals surface area contributed by atoms with Crippen molar-refractivity contribution < 1.29 is 17.1 Å². The average molecular weight is 387 g/mol. The van der Waals surface area contributed by atoms with Gasteiger partial charge in [0, 0.05) is 19.3 Å². The highest BCUT2D eigenvalue weighted by Gasteiger charge is 2.42. The zero-order valence-electron chi connectivity index (χ0n) is 16.1. The summed E-state index contributed by atoms with van der Waals surface area (Å²) >= 11 is 0. The summed E-state index contributed by atoms with van der Waals surface area (Å²) in [5.74, 6) is 0. The van der Waals surface area contributed by atoms with Gasteiger partial charge in [0.2, 0.25) is 0 Å². The van der Waals surface area contributed by atoms with E-state index in [0.29, 0.717) is 18.1 Å². The fraction of sp³-hybridized carbons (Fsp3) is 0.409. The Balaban J connectivity index is 1.81. The predicted octanol–water partition coefficient (Wildman–Crippen LogP) is 4.32. The third kappa shape index (κ3) is 4.66. The summed E-state index contributed by atoms with van der Waals surface area (Å²) in [7, 11) is -3.55. The minimum absolute atomic E-state index is 0.137. The van der Waals surface area contributed by atoms with Crippen LogP contribution in [-0.2, 0) is 21.4 Å². The highest BCUT2D eigenvalue weighted by Crippen LogP contribution is 2.25. The van der Waals surface area contributed by atoms with Crippen LogP contribution >= 0.6 is 0 Å². The number of rotatable bonds is 8. The predicted molar refractivity (Wildman–Crippen MR) is 108 cm³/mol. The molecule has 1 atom stereocenters. The zero-order valence-corrected chi connectivity index (χ0v) is 16.9. The summed E-state index contributed by atoms with van der Waals surface area (Å²) in [5, 5.41) is 0. The van der Waals surface area contributed by atoms with Gasteiger partial charge < -0.3 is 4.74 Å². The minimum atomic E-state index is -3.55. The van der Waals surface area contributed by atoms with Crippen LogP contribution in [0.5, 0.6) is 0 Å². The van der Waals surface area contributed by atoms with Crippen molar-refractivity contribution in [3.63, 3.8) is 0 Å². The van der Waals surface area contributed by atoms with E-state index in [4.69, 9.17) is 4.74 Å². The minimum Gasteiger partial charge on any atom is -0.370 e. The lowest BCUT2D eigenvalue weighted by molar-refractivity contribution is -0.414. The molecule has 0 bridgehead atoms. The second-order valence-electron chi connectivity index (χ2n) is 7.12. The van der Waals surface area contributed by atoms with Crippen LogP contribution in [0.4, 0.5) is 0 Å². The van der Waals surface area contributed by atoms with Crippen molar-refractivity contribution in [2.75, 3.05) is 6.61 Å². The molecular weight excluding hydrogens is 358 g/mol. The summed E-state index contributed by atoms with van der Waals surface area (Å²) in [6.45, 7) is 4.95. The molecule has 4 nitrogen and oxygen atoms in total. The fourth-order valence-corrected chi connectivity index (χ4v) is 5.36. The summed E-state index contributed by atoms with van der Waals surface area (Å²) < 4.78 is 34.2. The molecule has 1 aliphatic heterocycles. The van der Waals surface area contributed by atoms with Crippen molar-refractivity contribution in [1.82, 2.24) is 0 Å². The second kappa shape index (κ2) is 8.81. The lowest BCUT2D eigenvalue weighted by Gasteiger charge is -2.12. The summed E-state index contributed by atoms with van der Waals surface area (Å²) in [4.78, 5) is 0.358. The Morgan fingerprint density at radius 2 is 1.78 bits per heavy atom. The lowest BCUT2D eigenvalue weighted by atomic mass is 10.1. The molecule has 0 aromatic heterocycles. The number of nitrogens with zero attached hydrogens (tertiary/aromatic N) is 1. The van der Waals surface area contributed by atoms with E-state index in [-0.39, 0.29) is 6.04 Å². The Bertz CT molecular complexity index is 887. The van der Waals surface area contributed by atoms with E-state index in [2.05, 4.69) is 6.92 Å². The standard InChI is InChI=1S/C22H28NO3S/c1-3-7-20-12-13-21(17-26-16-19-8-5-4-6-9-19)23(20)27(24,25)22-14-10-18(2)11-15-22/h4-6,8-11,14-15,21H,3,7,12-13,16-17H2,1-2H3/q+1/t21-/m0/s1. The highest BCUT2D eigenvalue weighted by atomic mass is 32.2. The largest absolute Gasteiger partial charge is 0.395 e. The van der Waals surface area contributed by atoms with Crippen molar-refractivity contribution in [3.8, 4) is 0 Å². The summed E-state index contributed by atoms with van der Waals surface area (Å²) in [6.07, 6.45) is 3.38. The molecule has 2 aromatic rings. The van der Waals surface area contributed by atoms with Gasteiger partial charge in [0.15, 0.2) is 11.8 Å². The number of benzene rings is 2. The number of ether oxygens (including phenoxy) is 1. The van der Waals surface area contributed by atoms with Gasteiger partial charge in [-0.15, -0.1) is 3.98 Å². The molecule has 0 N–H and O–H groups in total. The van der Waals surface area contributed by atoms with Gasteiger partial charge in [-0.3, -0.25) is 0 Å².